The van der Waals surface area contributed by atoms with Crippen molar-refractivity contribution in [1.29, 1.82) is 0 Å². The molecule has 2 aliphatic carbocycles. The largest absolute Gasteiger partial charge is 0.395 e. The van der Waals surface area contributed by atoms with Crippen molar-refractivity contribution in [3.05, 3.63) is 89.0 Å². The van der Waals surface area contributed by atoms with Gasteiger partial charge in [-0.3, -0.25) is 9.80 Å². The maximum Gasteiger partial charge on any atom is 0.169 e. The highest BCUT2D eigenvalue weighted by Crippen LogP contribution is 2.29. The summed E-state index contributed by atoms with van der Waals surface area (Å²) in [5.74, 6) is 2.88. The third kappa shape index (κ3) is 12.4. The molecule has 3 unspecified atom stereocenters. The van der Waals surface area contributed by atoms with E-state index in [0.29, 0.717) is 18.0 Å². The summed E-state index contributed by atoms with van der Waals surface area (Å²) in [6.07, 6.45) is 28.9. The van der Waals surface area contributed by atoms with Crippen LogP contribution in [0.25, 0.3) is 0 Å². The minimum atomic E-state index is 0.224. The predicted molar refractivity (Wildman–Crippen MR) is 207 cm³/mol. The molecule has 1 aromatic heterocycles. The highest BCUT2D eigenvalue weighted by atomic mass is 33.1. The molecule has 0 amide bonds. The monoisotopic (exact) mass is 694 g/mol. The lowest BCUT2D eigenvalue weighted by Crippen LogP contribution is -2.37. The summed E-state index contributed by atoms with van der Waals surface area (Å²) in [4.78, 5) is 4.73. The second-order valence-electron chi connectivity index (χ2n) is 13.4. The van der Waals surface area contributed by atoms with E-state index < -0.39 is 0 Å². The Morgan fingerprint density at radius 1 is 0.854 bits per heavy atom. The summed E-state index contributed by atoms with van der Waals surface area (Å²) < 4.78 is 4.69. The van der Waals surface area contributed by atoms with Crippen LogP contribution < -0.4 is 4.57 Å². The zero-order valence-corrected chi connectivity index (χ0v) is 31.7. The molecule has 3 atom stereocenters. The quantitative estimate of drug-likeness (QED) is 0.0860. The molecule has 0 saturated heterocycles. The molecule has 48 heavy (non-hydrogen) atoms. The summed E-state index contributed by atoms with van der Waals surface area (Å²) in [5.41, 5.74) is 7.30. The van der Waals surface area contributed by atoms with Crippen LogP contribution in [0.5, 0.6) is 0 Å². The van der Waals surface area contributed by atoms with Gasteiger partial charge in [0.05, 0.1) is 24.7 Å². The molecule has 1 aliphatic heterocycles. The van der Waals surface area contributed by atoms with Crippen molar-refractivity contribution in [2.75, 3.05) is 57.4 Å². The first kappa shape index (κ1) is 38.9. The molecule has 0 spiro atoms. The number of nitrogens with zero attached hydrogens (tertiary/aromatic N) is 4. The Hall–Kier alpha value is -1.94. The maximum atomic E-state index is 9.36. The molecule has 2 N–H and O–H groups in total. The first-order chi connectivity index (χ1) is 23.4. The molecular weight excluding hydrogens is 633 g/mol. The van der Waals surface area contributed by atoms with Crippen LogP contribution in [0.1, 0.15) is 71.8 Å². The van der Waals surface area contributed by atoms with Gasteiger partial charge in [-0.2, -0.15) is 0 Å². The van der Waals surface area contributed by atoms with Gasteiger partial charge >= 0.3 is 0 Å². The van der Waals surface area contributed by atoms with Crippen LogP contribution in [0, 0.1) is 5.92 Å². The molecule has 2 heterocycles. The number of hydrogen-bond acceptors (Lipinski definition) is 6. The molecule has 0 fully saturated rings. The van der Waals surface area contributed by atoms with Gasteiger partial charge in [-0.1, -0.05) is 70.9 Å². The van der Waals surface area contributed by atoms with Crippen molar-refractivity contribution >= 4 is 27.8 Å². The Kier molecular flexibility index (Phi) is 17.3. The van der Waals surface area contributed by atoms with Crippen LogP contribution in [-0.4, -0.2) is 100 Å². The highest BCUT2D eigenvalue weighted by Gasteiger charge is 2.21. The Morgan fingerprint density at radius 2 is 1.56 bits per heavy atom. The molecule has 4 rings (SSSR count). The standard InChI is InChI=1S/C40H62N4O2S2/c1-5-43(23-27-45)39-13-11-37(33(3)31-39)9-7-35-15-19-41(20-16-35)25-29-47-48-30-26-42-21-17-36(18-22-42)8-10-38-12-14-40(32-34(38)4)44(6-2)24-28-46/h11-13,15-17,19-22,32,36,39-40,45-46H,5-10,14,18,23-31H2,1-4H3/q+2. The van der Waals surface area contributed by atoms with E-state index in [1.165, 1.54) is 34.3 Å². The van der Waals surface area contributed by atoms with Crippen LogP contribution in [-0.2, 0) is 13.0 Å². The van der Waals surface area contributed by atoms with Crippen molar-refractivity contribution in [3.8, 4) is 0 Å². The molecule has 3 aliphatic rings. The van der Waals surface area contributed by atoms with E-state index in [1.807, 2.05) is 21.6 Å². The van der Waals surface area contributed by atoms with Crippen molar-refractivity contribution in [2.24, 2.45) is 5.92 Å². The van der Waals surface area contributed by atoms with Crippen LogP contribution in [0.3, 0.4) is 0 Å². The number of rotatable bonds is 21. The molecule has 1 aromatic rings. The predicted octanol–water partition coefficient (Wildman–Crippen LogP) is 6.60. The molecule has 8 heteroatoms. The fourth-order valence-electron chi connectivity index (χ4n) is 7.09. The Balaban J connectivity index is 1.06. The summed E-state index contributed by atoms with van der Waals surface area (Å²) in [7, 11) is 3.97. The number of aliphatic hydroxyl groups is 2. The Morgan fingerprint density at radius 3 is 2.19 bits per heavy atom. The fourth-order valence-corrected chi connectivity index (χ4v) is 9.06. The van der Waals surface area contributed by atoms with Gasteiger partial charge < -0.3 is 10.2 Å². The van der Waals surface area contributed by atoms with Crippen LogP contribution in [0.15, 0.2) is 83.4 Å². The number of pyridine rings is 1. The first-order valence-electron chi connectivity index (χ1n) is 18.4. The zero-order valence-electron chi connectivity index (χ0n) is 30.1. The summed E-state index contributed by atoms with van der Waals surface area (Å²) >= 11 is 0. The summed E-state index contributed by atoms with van der Waals surface area (Å²) in [6, 6.07) is 5.42. The number of hydrogen-bond donors (Lipinski definition) is 2. The lowest BCUT2D eigenvalue weighted by Gasteiger charge is -2.31. The molecule has 0 bridgehead atoms. The van der Waals surface area contributed by atoms with E-state index in [1.54, 1.807) is 0 Å². The van der Waals surface area contributed by atoms with E-state index in [9.17, 15) is 10.2 Å². The summed E-state index contributed by atoms with van der Waals surface area (Å²) in [5, 5.41) is 18.7. The normalized spacial score (nSPS) is 21.2. The van der Waals surface area contributed by atoms with Gasteiger partial charge in [0.25, 0.3) is 0 Å². The van der Waals surface area contributed by atoms with Crippen LogP contribution in [0.4, 0.5) is 0 Å². The van der Waals surface area contributed by atoms with Crippen LogP contribution >= 0.6 is 21.6 Å². The molecule has 0 saturated carbocycles. The third-order valence-electron chi connectivity index (χ3n) is 10.2. The number of aromatic nitrogens is 1. The van der Waals surface area contributed by atoms with Gasteiger partial charge in [-0.15, -0.1) is 0 Å². The van der Waals surface area contributed by atoms with E-state index in [0.717, 1.165) is 89.3 Å². The Bertz CT molecular complexity index is 1320. The molecule has 264 valence electrons. The van der Waals surface area contributed by atoms with E-state index >= 15 is 0 Å². The lowest BCUT2D eigenvalue weighted by molar-refractivity contribution is -0.692. The Labute approximate surface area is 299 Å². The van der Waals surface area contributed by atoms with Crippen molar-refractivity contribution in [3.63, 3.8) is 0 Å². The van der Waals surface area contributed by atoms with E-state index in [4.69, 9.17) is 0 Å². The van der Waals surface area contributed by atoms with Crippen LogP contribution in [0.2, 0.25) is 0 Å². The van der Waals surface area contributed by atoms with Gasteiger partial charge in [0.1, 0.15) is 6.21 Å². The van der Waals surface area contributed by atoms with E-state index in [2.05, 4.69) is 114 Å². The minimum Gasteiger partial charge on any atom is -0.395 e. The highest BCUT2D eigenvalue weighted by molar-refractivity contribution is 8.76. The second kappa shape index (κ2) is 21.3. The van der Waals surface area contributed by atoms with E-state index in [-0.39, 0.29) is 13.2 Å². The average molecular weight is 695 g/mol. The van der Waals surface area contributed by atoms with Gasteiger partial charge in [0.15, 0.2) is 31.7 Å². The van der Waals surface area contributed by atoms with Crippen molar-refractivity contribution in [2.45, 2.75) is 91.3 Å². The maximum absolute atomic E-state index is 9.36. The first-order valence-corrected chi connectivity index (χ1v) is 20.9. The zero-order chi connectivity index (χ0) is 34.1. The van der Waals surface area contributed by atoms with Gasteiger partial charge in [-0.05, 0) is 94.2 Å². The third-order valence-corrected chi connectivity index (χ3v) is 12.6. The van der Waals surface area contributed by atoms with Crippen molar-refractivity contribution < 1.29 is 19.4 Å². The second-order valence-corrected chi connectivity index (χ2v) is 16.1. The van der Waals surface area contributed by atoms with Crippen molar-refractivity contribution in [1.82, 2.24) is 9.80 Å². The fraction of sp³-hybridized carbons (Fsp3) is 0.600. The van der Waals surface area contributed by atoms with Gasteiger partial charge in [0.2, 0.25) is 0 Å². The number of aliphatic hydroxyl groups excluding tert-OH is 2. The number of likely N-dealkylation sites (N-methyl/N-ethyl adjacent to an activating group) is 2. The minimum absolute atomic E-state index is 0.224. The smallest absolute Gasteiger partial charge is 0.169 e. The molecule has 0 aromatic carbocycles. The summed E-state index contributed by atoms with van der Waals surface area (Å²) in [6.45, 7) is 14.9. The molecule has 0 radical (unpaired) electrons. The SMILES string of the molecule is CCN(CCO)C1C=C(C)C(CCC2C=C[N+](CCSSCC[n+]3ccc(CCC4=C(C)CC(N(CC)CCO)C=C4)cc3)=CC2)=CC1. The number of aryl methyl sites for hydroxylation is 2. The topological polar surface area (TPSA) is 53.8 Å². The molecule has 6 nitrogen and oxygen atoms in total. The average Bonchev–Trinajstić information content (AvgIpc) is 3.11. The van der Waals surface area contributed by atoms with Gasteiger partial charge in [-0.25, -0.2) is 9.14 Å². The lowest BCUT2D eigenvalue weighted by atomic mass is 9.88. The molecular formula is C40H62N4O2S2+2. The van der Waals surface area contributed by atoms with Gasteiger partial charge in [0, 0.05) is 43.7 Å². The number of allylic oxidation sites excluding steroid dienone is 5.